The molecule has 4 aromatic heterocycles. The van der Waals surface area contributed by atoms with Gasteiger partial charge in [-0.2, -0.15) is 5.10 Å². The molecule has 8 nitrogen and oxygen atoms in total. The lowest BCUT2D eigenvalue weighted by atomic mass is 10.0. The normalized spacial score (nSPS) is 20.6. The zero-order valence-electron chi connectivity index (χ0n) is 22.8. The SMILES string of the molecule is C1=C(c2cncc(OCCN3CCCC3)c2)[C@H]2CC2=c2c(-c3cc4c(N5CCCCC5)nccc4[nH]3)n[nH]c2=C1. The fourth-order valence-electron chi connectivity index (χ4n) is 6.80. The van der Waals surface area contributed by atoms with Gasteiger partial charge < -0.3 is 14.6 Å². The number of aromatic amines is 2. The van der Waals surface area contributed by atoms with Crippen molar-refractivity contribution >= 4 is 33.9 Å². The van der Waals surface area contributed by atoms with Crippen molar-refractivity contribution in [1.82, 2.24) is 30.0 Å². The van der Waals surface area contributed by atoms with Crippen molar-refractivity contribution < 1.29 is 4.74 Å². The van der Waals surface area contributed by atoms with E-state index in [0.29, 0.717) is 12.5 Å². The minimum absolute atomic E-state index is 0.380. The molecule has 0 unspecified atom stereocenters. The highest BCUT2D eigenvalue weighted by Gasteiger charge is 2.37. The Bertz CT molecular complexity index is 1720. The lowest BCUT2D eigenvalue weighted by molar-refractivity contribution is 0.237. The number of allylic oxidation sites excluding steroid dienone is 2. The Hall–Kier alpha value is -3.91. The monoisotopic (exact) mass is 533 g/mol. The Morgan fingerprint density at radius 1 is 0.975 bits per heavy atom. The van der Waals surface area contributed by atoms with Crippen LogP contribution in [0.4, 0.5) is 5.82 Å². The number of nitrogens with zero attached hydrogens (tertiary/aromatic N) is 5. The predicted molar refractivity (Wildman–Crippen MR) is 158 cm³/mol. The molecule has 3 fully saturated rings. The first kappa shape index (κ1) is 23.9. The van der Waals surface area contributed by atoms with Crippen LogP contribution in [-0.2, 0) is 0 Å². The molecule has 40 heavy (non-hydrogen) atoms. The molecule has 1 atom stereocenters. The van der Waals surface area contributed by atoms with Gasteiger partial charge in [-0.1, -0.05) is 6.08 Å². The average molecular weight is 534 g/mol. The minimum atomic E-state index is 0.380. The molecule has 0 amide bonds. The van der Waals surface area contributed by atoms with Gasteiger partial charge in [-0.15, -0.1) is 0 Å². The number of piperidine rings is 1. The van der Waals surface area contributed by atoms with Gasteiger partial charge in [-0.3, -0.25) is 15.0 Å². The van der Waals surface area contributed by atoms with Gasteiger partial charge in [0.25, 0.3) is 0 Å². The van der Waals surface area contributed by atoms with Crippen molar-refractivity contribution in [3.63, 3.8) is 0 Å². The molecule has 204 valence electrons. The van der Waals surface area contributed by atoms with Crippen LogP contribution in [0.1, 0.15) is 44.1 Å². The van der Waals surface area contributed by atoms with E-state index >= 15 is 0 Å². The molecule has 8 heteroatoms. The summed E-state index contributed by atoms with van der Waals surface area (Å²) in [6.45, 7) is 6.22. The number of anilines is 1. The lowest BCUT2D eigenvalue weighted by Gasteiger charge is -2.28. The number of rotatable bonds is 7. The van der Waals surface area contributed by atoms with Crippen molar-refractivity contribution in [2.45, 2.75) is 38.5 Å². The number of hydrogen-bond acceptors (Lipinski definition) is 6. The number of nitrogens with one attached hydrogen (secondary N) is 2. The summed E-state index contributed by atoms with van der Waals surface area (Å²) in [5, 5.41) is 11.6. The zero-order valence-corrected chi connectivity index (χ0v) is 22.8. The topological polar surface area (TPSA) is 86.0 Å². The van der Waals surface area contributed by atoms with Crippen molar-refractivity contribution in [2.75, 3.05) is 44.2 Å². The number of likely N-dealkylation sites (tertiary alicyclic amines) is 1. The fourth-order valence-corrected chi connectivity index (χ4v) is 6.80. The second-order valence-corrected chi connectivity index (χ2v) is 11.6. The molecule has 6 heterocycles. The molecular formula is C32H35N7O. The van der Waals surface area contributed by atoms with Crippen LogP contribution in [0.15, 0.2) is 42.9 Å². The highest BCUT2D eigenvalue weighted by Crippen LogP contribution is 2.49. The summed E-state index contributed by atoms with van der Waals surface area (Å²) in [4.78, 5) is 17.9. The molecule has 0 spiro atoms. The number of H-pyrrole nitrogens is 2. The van der Waals surface area contributed by atoms with Crippen molar-refractivity contribution in [1.29, 1.82) is 0 Å². The summed E-state index contributed by atoms with van der Waals surface area (Å²) in [6.07, 6.45) is 17.6. The van der Waals surface area contributed by atoms with Crippen LogP contribution in [0, 0.1) is 5.92 Å². The van der Waals surface area contributed by atoms with Crippen molar-refractivity contribution in [3.8, 4) is 17.1 Å². The Morgan fingerprint density at radius 3 is 2.75 bits per heavy atom. The smallest absolute Gasteiger partial charge is 0.138 e. The van der Waals surface area contributed by atoms with Gasteiger partial charge in [-0.25, -0.2) is 4.98 Å². The van der Waals surface area contributed by atoms with Crippen LogP contribution in [0.3, 0.4) is 0 Å². The maximum Gasteiger partial charge on any atom is 0.138 e. The number of ether oxygens (including phenoxy) is 1. The summed E-state index contributed by atoms with van der Waals surface area (Å²) in [7, 11) is 0. The van der Waals surface area contributed by atoms with Crippen LogP contribution in [0.2, 0.25) is 0 Å². The molecule has 2 saturated heterocycles. The Morgan fingerprint density at radius 2 is 1.85 bits per heavy atom. The molecule has 2 N–H and O–H groups in total. The molecular weight excluding hydrogens is 498 g/mol. The van der Waals surface area contributed by atoms with Gasteiger partial charge in [0.15, 0.2) is 0 Å². The van der Waals surface area contributed by atoms with Crippen molar-refractivity contribution in [3.05, 3.63) is 59.0 Å². The first-order valence-corrected chi connectivity index (χ1v) is 14.8. The molecule has 4 aromatic rings. The maximum absolute atomic E-state index is 6.11. The van der Waals surface area contributed by atoms with E-state index in [1.165, 1.54) is 66.9 Å². The molecule has 2 aliphatic heterocycles. The van der Waals surface area contributed by atoms with Crippen LogP contribution >= 0.6 is 0 Å². The van der Waals surface area contributed by atoms with Crippen LogP contribution in [0.5, 0.6) is 5.75 Å². The van der Waals surface area contributed by atoms with E-state index < -0.39 is 0 Å². The maximum atomic E-state index is 6.11. The fraction of sp³-hybridized carbons (Fsp3) is 0.406. The Kier molecular flexibility index (Phi) is 5.94. The van der Waals surface area contributed by atoms with Gasteiger partial charge in [0.05, 0.1) is 22.8 Å². The van der Waals surface area contributed by atoms with Crippen molar-refractivity contribution in [2.24, 2.45) is 5.92 Å². The van der Waals surface area contributed by atoms with E-state index in [1.807, 2.05) is 18.6 Å². The highest BCUT2D eigenvalue weighted by molar-refractivity contribution is 5.95. The van der Waals surface area contributed by atoms with E-state index in [1.54, 1.807) is 0 Å². The van der Waals surface area contributed by atoms with Crippen LogP contribution in [0.25, 0.3) is 39.5 Å². The standard InChI is InChI=1S/C32H35N7O/c1-2-12-39(13-3-1)32-26-18-29(35-27(26)8-9-34-32)31-30-25-17-24(25)23(6-7-28(30)36-37-31)21-16-22(20-33-19-21)40-15-14-38-10-4-5-11-38/h6-9,16,18-20,24,35-36H,1-5,10-15,17H2/t24-/m1/s1. The average Bonchev–Trinajstić information content (AvgIpc) is 3.31. The van der Waals surface area contributed by atoms with Gasteiger partial charge in [-0.05, 0) is 87.0 Å². The minimum Gasteiger partial charge on any atom is -0.491 e. The summed E-state index contributed by atoms with van der Waals surface area (Å²) in [5.41, 5.74) is 7.03. The summed E-state index contributed by atoms with van der Waals surface area (Å²) < 4.78 is 6.11. The van der Waals surface area contributed by atoms with E-state index in [4.69, 9.17) is 14.8 Å². The third-order valence-electron chi connectivity index (χ3n) is 8.96. The number of pyridine rings is 2. The molecule has 1 saturated carbocycles. The van der Waals surface area contributed by atoms with E-state index in [2.05, 4.69) is 55.2 Å². The van der Waals surface area contributed by atoms with E-state index in [9.17, 15) is 0 Å². The van der Waals surface area contributed by atoms with Crippen LogP contribution in [-0.4, -0.2) is 69.4 Å². The van der Waals surface area contributed by atoms with Gasteiger partial charge in [0, 0.05) is 54.1 Å². The molecule has 4 aliphatic rings. The summed E-state index contributed by atoms with van der Waals surface area (Å²) in [6, 6.07) is 6.47. The Labute approximate surface area is 233 Å². The summed E-state index contributed by atoms with van der Waals surface area (Å²) >= 11 is 0. The second kappa shape index (κ2) is 9.93. The third-order valence-corrected chi connectivity index (χ3v) is 8.96. The molecule has 0 bridgehead atoms. The largest absolute Gasteiger partial charge is 0.491 e. The first-order chi connectivity index (χ1) is 19.8. The van der Waals surface area contributed by atoms with Gasteiger partial charge in [0.2, 0.25) is 0 Å². The molecule has 0 radical (unpaired) electrons. The van der Waals surface area contributed by atoms with Gasteiger partial charge in [0.1, 0.15) is 23.9 Å². The van der Waals surface area contributed by atoms with Crippen LogP contribution < -0.4 is 20.2 Å². The summed E-state index contributed by atoms with van der Waals surface area (Å²) in [5.74, 6) is 2.32. The zero-order chi connectivity index (χ0) is 26.5. The number of aromatic nitrogens is 5. The quantitative estimate of drug-likeness (QED) is 0.375. The highest BCUT2D eigenvalue weighted by atomic mass is 16.5. The van der Waals surface area contributed by atoms with Gasteiger partial charge >= 0.3 is 0 Å². The Balaban J connectivity index is 1.08. The predicted octanol–water partition coefficient (Wildman–Crippen LogP) is 3.86. The molecule has 8 rings (SSSR count). The molecule has 0 aromatic carbocycles. The lowest BCUT2D eigenvalue weighted by Crippen LogP contribution is -2.30. The number of hydrogen-bond donors (Lipinski definition) is 2. The van der Waals surface area contributed by atoms with E-state index in [0.717, 1.165) is 65.4 Å². The first-order valence-electron chi connectivity index (χ1n) is 14.8. The second-order valence-electron chi connectivity index (χ2n) is 11.6. The number of fused-ring (bicyclic) bond motifs is 3. The third kappa shape index (κ3) is 4.31. The molecule has 2 aliphatic carbocycles. The van der Waals surface area contributed by atoms with E-state index in [-0.39, 0.29) is 0 Å².